The van der Waals surface area contributed by atoms with Crippen LogP contribution in [0.2, 0.25) is 0 Å². The summed E-state index contributed by atoms with van der Waals surface area (Å²) in [6.45, 7) is -8.86. The lowest BCUT2D eigenvalue weighted by Gasteiger charge is -2.28. The molecule has 0 saturated carbocycles. The summed E-state index contributed by atoms with van der Waals surface area (Å²) in [4.78, 5) is 9.84. The van der Waals surface area contributed by atoms with Crippen molar-refractivity contribution in [3.8, 4) is 67.5 Å². The van der Waals surface area contributed by atoms with E-state index in [0.717, 1.165) is 26.8 Å². The number of aromatic nitrogens is 3. The lowest BCUT2D eigenvalue weighted by atomic mass is 9.79. The van der Waals surface area contributed by atoms with Crippen molar-refractivity contribution in [1.29, 1.82) is 0 Å². The van der Waals surface area contributed by atoms with Gasteiger partial charge in [-0.05, 0) is 120 Å². The standard InChI is InChI=1S/C62H69N3O/c1-58(2,3)44-26-24-39(25-27-44)41-30-31-63-52(35-41)43-32-42(33-46(34-43)60(7,8)9)48-22-19-23-54-55(48)64-57(50-37-47(61(10,11)12)38-51(56(50)66)62(13,14)15)65(54)53-29-28-45(59(4,5)6)36-49(53)40-20-17-16-18-21-40/h16-38,66H,1-15H3/i10D3,11D3,12D3,13D3,14D3,15D3,16D,17D,18D,20D,21D,37D,38D. The predicted molar refractivity (Wildman–Crippen MR) is 281 cm³/mol. The van der Waals surface area contributed by atoms with Gasteiger partial charge >= 0.3 is 0 Å². The second-order valence-corrected chi connectivity index (χ2v) is 20.0. The van der Waals surface area contributed by atoms with Crippen LogP contribution in [0.25, 0.3) is 72.7 Å². The van der Waals surface area contributed by atoms with Crippen LogP contribution in [0, 0.1) is 0 Å². The molecule has 6 aromatic carbocycles. The Morgan fingerprint density at radius 2 is 1.17 bits per heavy atom. The molecule has 0 spiro atoms. The summed E-state index contributed by atoms with van der Waals surface area (Å²) >= 11 is 0. The fraction of sp³-hybridized carbons (Fsp3) is 0.323. The molecule has 0 saturated heterocycles. The van der Waals surface area contributed by atoms with Crippen molar-refractivity contribution in [2.75, 3.05) is 0 Å². The third-order valence-electron chi connectivity index (χ3n) is 11.8. The first kappa shape index (κ1) is 24.5. The van der Waals surface area contributed by atoms with Crippen molar-refractivity contribution >= 4 is 11.0 Å². The molecule has 0 fully saturated rings. The zero-order chi connectivity index (χ0) is 68.8. The number of hydrogen-bond acceptors (Lipinski definition) is 3. The molecule has 1 N–H and O–H groups in total. The molecule has 0 unspecified atom stereocenters. The zero-order valence-corrected chi connectivity index (χ0v) is 38.5. The van der Waals surface area contributed by atoms with E-state index in [0.29, 0.717) is 22.4 Å². The van der Waals surface area contributed by atoms with Crippen LogP contribution in [-0.2, 0) is 27.1 Å². The molecule has 66 heavy (non-hydrogen) atoms. The fourth-order valence-corrected chi connectivity index (χ4v) is 7.97. The number of benzene rings is 6. The van der Waals surface area contributed by atoms with Crippen LogP contribution < -0.4 is 0 Å². The van der Waals surface area contributed by atoms with Crippen LogP contribution in [0.3, 0.4) is 0 Å². The molecule has 0 aliphatic carbocycles. The lowest BCUT2D eigenvalue weighted by Crippen LogP contribution is -2.17. The number of pyridine rings is 1. The maximum absolute atomic E-state index is 13.3. The van der Waals surface area contributed by atoms with Gasteiger partial charge in [0, 0.05) is 53.1 Å². The minimum Gasteiger partial charge on any atom is -0.507 e. The summed E-state index contributed by atoms with van der Waals surface area (Å²) in [5.41, 5.74) is -11.1. The van der Waals surface area contributed by atoms with Gasteiger partial charge in [0.2, 0.25) is 0 Å². The average molecular weight is 897 g/mol. The molecule has 338 valence electrons. The molecule has 2 heterocycles. The number of hydrogen-bond donors (Lipinski definition) is 1. The van der Waals surface area contributed by atoms with Crippen molar-refractivity contribution in [2.45, 2.75) is 130 Å². The van der Waals surface area contributed by atoms with E-state index in [1.54, 1.807) is 30.5 Å². The van der Waals surface area contributed by atoms with E-state index in [1.807, 2.05) is 77.9 Å². The van der Waals surface area contributed by atoms with E-state index < -0.39 is 139 Å². The highest BCUT2D eigenvalue weighted by atomic mass is 16.3. The topological polar surface area (TPSA) is 50.9 Å². The van der Waals surface area contributed by atoms with Gasteiger partial charge in [0.15, 0.2) is 0 Å². The first-order chi connectivity index (χ1) is 41.2. The van der Waals surface area contributed by atoms with Crippen LogP contribution in [0.1, 0.15) is 166 Å². The summed E-state index contributed by atoms with van der Waals surface area (Å²) < 4.78 is 225. The minimum absolute atomic E-state index is 0.0783. The van der Waals surface area contributed by atoms with E-state index in [1.165, 1.54) is 18.2 Å². The molecule has 4 heteroatoms. The number of phenols is 1. The quantitative estimate of drug-likeness (QED) is 0.181. The number of fused-ring (bicyclic) bond motifs is 1. The molecule has 2 aromatic heterocycles. The predicted octanol–water partition coefficient (Wildman–Crippen LogP) is 16.9. The molecule has 0 radical (unpaired) electrons. The largest absolute Gasteiger partial charge is 0.507 e. The Labute approximate surface area is 430 Å². The highest BCUT2D eigenvalue weighted by Crippen LogP contribution is 2.46. The van der Waals surface area contributed by atoms with Crippen molar-refractivity contribution in [3.05, 3.63) is 167 Å². The van der Waals surface area contributed by atoms with E-state index in [2.05, 4.69) is 32.9 Å². The number of para-hydroxylation sites is 1. The minimum atomic E-state index is -4.55. The Kier molecular flexibility index (Phi) is 6.15. The highest BCUT2D eigenvalue weighted by Gasteiger charge is 2.30. The summed E-state index contributed by atoms with van der Waals surface area (Å²) in [5.74, 6) is -2.74. The van der Waals surface area contributed by atoms with E-state index >= 15 is 0 Å². The second kappa shape index (κ2) is 16.6. The van der Waals surface area contributed by atoms with E-state index in [-0.39, 0.29) is 33.3 Å². The van der Waals surface area contributed by atoms with E-state index in [4.69, 9.17) is 38.8 Å². The third kappa shape index (κ3) is 9.12. The van der Waals surface area contributed by atoms with Gasteiger partial charge in [0.1, 0.15) is 11.6 Å². The van der Waals surface area contributed by atoms with Crippen molar-refractivity contribution in [1.82, 2.24) is 14.5 Å². The van der Waals surface area contributed by atoms with Crippen molar-refractivity contribution < 1.29 is 39.4 Å². The molecule has 8 aromatic rings. The summed E-state index contributed by atoms with van der Waals surface area (Å²) in [6.07, 6.45) is 1.66. The van der Waals surface area contributed by atoms with Crippen molar-refractivity contribution in [2.24, 2.45) is 0 Å². The van der Waals surface area contributed by atoms with Gasteiger partial charge in [-0.15, -0.1) is 0 Å². The first-order valence-corrected chi connectivity index (χ1v) is 21.6. The number of phenolic OH excluding ortho intramolecular Hbond substituents is 1. The zero-order valence-electron chi connectivity index (χ0n) is 63.5. The highest BCUT2D eigenvalue weighted by molar-refractivity contribution is 5.98. The maximum atomic E-state index is 13.3. The van der Waals surface area contributed by atoms with Gasteiger partial charge in [-0.2, -0.15) is 0 Å². The Balaban J connectivity index is 1.68. The molecular formula is C62H69N3O. The monoisotopic (exact) mass is 897 g/mol. The molecule has 0 bridgehead atoms. The van der Waals surface area contributed by atoms with Gasteiger partial charge in [-0.25, -0.2) is 4.98 Å². The second-order valence-electron chi connectivity index (χ2n) is 20.0. The number of rotatable bonds is 6. The van der Waals surface area contributed by atoms with E-state index in [9.17, 15) is 10.6 Å². The maximum Gasteiger partial charge on any atom is 0.149 e. The van der Waals surface area contributed by atoms with Crippen LogP contribution in [0.15, 0.2) is 139 Å². The lowest BCUT2D eigenvalue weighted by molar-refractivity contribution is 0.446. The van der Waals surface area contributed by atoms with Crippen LogP contribution in [0.5, 0.6) is 5.75 Å². The van der Waals surface area contributed by atoms with Gasteiger partial charge in [0.05, 0.1) is 37.6 Å². The molecule has 0 aliphatic heterocycles. The first-order valence-electron chi connectivity index (χ1n) is 34.1. The Morgan fingerprint density at radius 3 is 1.82 bits per heavy atom. The molecule has 4 nitrogen and oxygen atoms in total. The smallest absolute Gasteiger partial charge is 0.149 e. The van der Waals surface area contributed by atoms with Crippen LogP contribution in [0.4, 0.5) is 0 Å². The fourth-order valence-electron chi connectivity index (χ4n) is 7.97. The summed E-state index contributed by atoms with van der Waals surface area (Å²) in [7, 11) is 0. The Morgan fingerprint density at radius 1 is 0.515 bits per heavy atom. The van der Waals surface area contributed by atoms with Gasteiger partial charge in [0.25, 0.3) is 0 Å². The molecule has 8 rings (SSSR count). The van der Waals surface area contributed by atoms with Gasteiger partial charge in [-0.3, -0.25) is 9.55 Å². The SMILES string of the molecule is [2H]c1c([2H])c([2H])c(-c2cc(C(C)(C)C)ccc2-n2c(-c3c([2H])c(C(C([2H])([2H])[2H])(C([2H])([2H])[2H])C([2H])([2H])[2H])c([2H])c(C(C([2H])([2H])[2H])(C([2H])([2H])[2H])C([2H])([2H])[2H])c3O)nc3c(-c4cc(-c5cc(-c6ccc(C(C)(C)C)cc6)ccn5)cc(C(C)(C)C)c4)cccc32)c([2H])c1[2H]. The van der Waals surface area contributed by atoms with Crippen molar-refractivity contribution in [3.63, 3.8) is 0 Å². The third-order valence-corrected chi connectivity index (χ3v) is 11.8. The van der Waals surface area contributed by atoms with Crippen LogP contribution >= 0.6 is 0 Å². The average Bonchev–Trinajstić information content (AvgIpc) is 1.12. The Hall–Kier alpha value is -6.26. The molecule has 0 amide bonds. The molecular weight excluding hydrogens is 803 g/mol. The molecule has 0 atom stereocenters. The number of aromatic hydroxyl groups is 1. The van der Waals surface area contributed by atoms with Gasteiger partial charge in [-0.1, -0.05) is 188 Å². The summed E-state index contributed by atoms with van der Waals surface area (Å²) in [5, 5.41) is 13.3. The molecule has 0 aliphatic rings. The van der Waals surface area contributed by atoms with Crippen LogP contribution in [-0.4, -0.2) is 19.6 Å². The number of imidazole rings is 1. The summed E-state index contributed by atoms with van der Waals surface area (Å²) in [6, 6.07) is 19.0. The number of nitrogens with zero attached hydrogens (tertiary/aromatic N) is 3. The van der Waals surface area contributed by atoms with Gasteiger partial charge < -0.3 is 5.11 Å². The normalized spacial score (nSPS) is 19.5. The Bertz CT molecular complexity index is 4000.